The zero-order valence-electron chi connectivity index (χ0n) is 30.9. The summed E-state index contributed by atoms with van der Waals surface area (Å²) in [6, 6.07) is 22.8. The van der Waals surface area contributed by atoms with Crippen molar-refractivity contribution in [1.82, 2.24) is 29.9 Å². The van der Waals surface area contributed by atoms with Gasteiger partial charge >= 0.3 is 0 Å². The first kappa shape index (κ1) is 39.9. The summed E-state index contributed by atoms with van der Waals surface area (Å²) < 4.78 is 0. The minimum Gasteiger partial charge on any atom is -0.357 e. The van der Waals surface area contributed by atoms with Crippen molar-refractivity contribution in [1.29, 1.82) is 0 Å². The van der Waals surface area contributed by atoms with E-state index in [4.69, 9.17) is 0 Å². The van der Waals surface area contributed by atoms with E-state index in [0.29, 0.717) is 38.6 Å². The zero-order chi connectivity index (χ0) is 38.5. The molecule has 0 aliphatic carbocycles. The van der Waals surface area contributed by atoms with Gasteiger partial charge in [-0.25, -0.2) is 29.9 Å². The molecule has 0 atom stereocenters. The minimum absolute atomic E-state index is 0.164. The number of hydrogen-bond donors (Lipinski definition) is 3. The highest BCUT2D eigenvalue weighted by atomic mass is 32.2. The summed E-state index contributed by atoms with van der Waals surface area (Å²) in [5.41, 5.74) is 8.88. The molecule has 0 bridgehead atoms. The number of carbonyl (C=O) groups is 2. The number of nitrogens with zero attached hydrogens (tertiary/aromatic N) is 6. The predicted molar refractivity (Wildman–Crippen MR) is 221 cm³/mol. The lowest BCUT2D eigenvalue weighted by atomic mass is 10.1. The predicted octanol–water partition coefficient (Wildman–Crippen LogP) is 8.83. The molecule has 4 heterocycles. The van der Waals surface area contributed by atoms with E-state index in [1.54, 1.807) is 56.1 Å². The fraction of sp³-hybridized carbons (Fsp3) is 0.200. The molecule has 0 saturated heterocycles. The van der Waals surface area contributed by atoms with Gasteiger partial charge in [-0.15, -0.1) is 0 Å². The molecule has 3 N–H and O–H groups in total. The van der Waals surface area contributed by atoms with Crippen molar-refractivity contribution >= 4 is 64.4 Å². The molecule has 276 valence electrons. The van der Waals surface area contributed by atoms with Gasteiger partial charge in [-0.3, -0.25) is 9.59 Å². The van der Waals surface area contributed by atoms with E-state index in [1.807, 2.05) is 70.3 Å². The van der Waals surface area contributed by atoms with E-state index in [-0.39, 0.29) is 11.8 Å². The second-order valence-electron chi connectivity index (χ2n) is 12.1. The summed E-state index contributed by atoms with van der Waals surface area (Å²) in [7, 11) is 1.78. The van der Waals surface area contributed by atoms with Gasteiger partial charge < -0.3 is 16.0 Å². The molecule has 0 unspecified atom stereocenters. The van der Waals surface area contributed by atoms with Gasteiger partial charge in [0.2, 0.25) is 5.95 Å². The van der Waals surface area contributed by atoms with Crippen LogP contribution in [-0.4, -0.2) is 55.0 Å². The standard InChI is InChI=1S/C20H21N5OS.C20H20N4OS2/c1-13-9-14(2)11-16(10-13)24-18(26)17-5-4-7-22-19(17)27-12-15-6-8-23-20(21-3)25-15;1-13-9-14(2)11-16(10-13)23-18(25)17-5-4-7-21-19(17)27-12-15-6-8-22-20(24-15)26-3/h4-11H,12H2,1-3H3,(H,24,26)(H,21,23,25);4-11H,12H2,1-3H3,(H,23,25). The maximum absolute atomic E-state index is 12.8. The molecule has 4 aromatic heterocycles. The van der Waals surface area contributed by atoms with E-state index in [9.17, 15) is 9.59 Å². The fourth-order valence-electron chi connectivity index (χ4n) is 5.28. The first-order chi connectivity index (χ1) is 26.1. The Labute approximate surface area is 328 Å². The van der Waals surface area contributed by atoms with Crippen LogP contribution in [0.5, 0.6) is 0 Å². The lowest BCUT2D eigenvalue weighted by molar-refractivity contribution is 0.101. The number of hydrogen-bond acceptors (Lipinski definition) is 12. The molecule has 54 heavy (non-hydrogen) atoms. The Bertz CT molecular complexity index is 2040. The lowest BCUT2D eigenvalue weighted by Crippen LogP contribution is -2.14. The van der Waals surface area contributed by atoms with Crippen molar-refractivity contribution in [2.24, 2.45) is 0 Å². The molecule has 0 radical (unpaired) electrons. The third-order valence-electron chi connectivity index (χ3n) is 7.51. The van der Waals surface area contributed by atoms with Gasteiger partial charge in [-0.2, -0.15) is 0 Å². The minimum atomic E-state index is -0.172. The first-order valence-corrected chi connectivity index (χ1v) is 20.1. The molecule has 0 saturated carbocycles. The summed E-state index contributed by atoms with van der Waals surface area (Å²) in [6.45, 7) is 8.04. The average Bonchev–Trinajstić information content (AvgIpc) is 3.16. The Balaban J connectivity index is 0.000000208. The van der Waals surface area contributed by atoms with Gasteiger partial charge in [-0.1, -0.05) is 47.4 Å². The Kier molecular flexibility index (Phi) is 14.5. The molecular formula is C40H41N9O2S3. The van der Waals surface area contributed by atoms with Crippen LogP contribution in [0.15, 0.2) is 113 Å². The van der Waals surface area contributed by atoms with E-state index < -0.39 is 0 Å². The molecular weight excluding hydrogens is 735 g/mol. The highest BCUT2D eigenvalue weighted by molar-refractivity contribution is 7.99. The first-order valence-electron chi connectivity index (χ1n) is 16.9. The van der Waals surface area contributed by atoms with Crippen molar-refractivity contribution < 1.29 is 9.59 Å². The summed E-state index contributed by atoms with van der Waals surface area (Å²) in [4.78, 5) is 51.5. The van der Waals surface area contributed by atoms with E-state index in [1.165, 1.54) is 35.3 Å². The third-order valence-corrected chi connectivity index (χ3v) is 10.2. The maximum Gasteiger partial charge on any atom is 0.258 e. The van der Waals surface area contributed by atoms with Gasteiger partial charge in [0.25, 0.3) is 11.8 Å². The number of anilines is 3. The van der Waals surface area contributed by atoms with Crippen LogP contribution >= 0.6 is 35.3 Å². The molecule has 0 aliphatic heterocycles. The van der Waals surface area contributed by atoms with E-state index >= 15 is 0 Å². The van der Waals surface area contributed by atoms with E-state index in [0.717, 1.165) is 50.2 Å². The van der Waals surface area contributed by atoms with Crippen LogP contribution in [-0.2, 0) is 11.5 Å². The average molecular weight is 776 g/mol. The van der Waals surface area contributed by atoms with Crippen molar-refractivity contribution in [2.45, 2.75) is 54.4 Å². The second-order valence-corrected chi connectivity index (χ2v) is 14.8. The van der Waals surface area contributed by atoms with Crippen LogP contribution < -0.4 is 16.0 Å². The Hall–Kier alpha value is -5.31. The lowest BCUT2D eigenvalue weighted by Gasteiger charge is -2.10. The van der Waals surface area contributed by atoms with Gasteiger partial charge in [0.15, 0.2) is 5.16 Å². The zero-order valence-corrected chi connectivity index (χ0v) is 33.3. The summed E-state index contributed by atoms with van der Waals surface area (Å²) in [6.07, 6.45) is 8.79. The molecule has 6 rings (SSSR count). The topological polar surface area (TPSA) is 148 Å². The summed E-state index contributed by atoms with van der Waals surface area (Å²) in [5.74, 6) is 1.45. The number of benzene rings is 2. The monoisotopic (exact) mass is 775 g/mol. The van der Waals surface area contributed by atoms with Crippen molar-refractivity contribution in [2.75, 3.05) is 29.3 Å². The van der Waals surface area contributed by atoms with Crippen molar-refractivity contribution in [3.63, 3.8) is 0 Å². The van der Waals surface area contributed by atoms with Gasteiger partial charge in [0, 0.05) is 54.7 Å². The SMILES string of the molecule is CNc1nccc(CSc2ncccc2C(=O)Nc2cc(C)cc(C)c2)n1.CSc1nccc(CSc2ncccc2C(=O)Nc2cc(C)cc(C)c2)n1. The molecule has 11 nitrogen and oxygen atoms in total. The maximum atomic E-state index is 12.8. The van der Waals surface area contributed by atoms with Crippen LogP contribution in [0.2, 0.25) is 0 Å². The van der Waals surface area contributed by atoms with Gasteiger partial charge in [0.1, 0.15) is 10.1 Å². The normalized spacial score (nSPS) is 10.6. The van der Waals surface area contributed by atoms with Crippen LogP contribution in [0, 0.1) is 27.7 Å². The quantitative estimate of drug-likeness (QED) is 0.0806. The van der Waals surface area contributed by atoms with Crippen molar-refractivity contribution in [3.05, 3.63) is 142 Å². The van der Waals surface area contributed by atoms with Crippen LogP contribution in [0.4, 0.5) is 17.3 Å². The van der Waals surface area contributed by atoms with Crippen molar-refractivity contribution in [3.8, 4) is 0 Å². The van der Waals surface area contributed by atoms with E-state index in [2.05, 4.69) is 58.0 Å². The molecule has 14 heteroatoms. The molecule has 2 aromatic carbocycles. The number of pyridine rings is 2. The molecule has 0 aliphatic rings. The Morgan fingerprint density at radius 3 is 1.52 bits per heavy atom. The molecule has 6 aromatic rings. The highest BCUT2D eigenvalue weighted by Crippen LogP contribution is 2.27. The number of amides is 2. The molecule has 0 fully saturated rings. The second kappa shape index (κ2) is 19.7. The molecule has 2 amide bonds. The van der Waals surface area contributed by atoms with Crippen LogP contribution in [0.25, 0.3) is 0 Å². The number of aryl methyl sites for hydroxylation is 4. The summed E-state index contributed by atoms with van der Waals surface area (Å²) in [5, 5.41) is 11.0. The molecule has 0 spiro atoms. The highest BCUT2D eigenvalue weighted by Gasteiger charge is 2.16. The number of thioether (sulfide) groups is 3. The smallest absolute Gasteiger partial charge is 0.258 e. The number of nitrogens with one attached hydrogen (secondary N) is 3. The van der Waals surface area contributed by atoms with Gasteiger partial charge in [-0.05, 0) is 117 Å². The number of carbonyl (C=O) groups excluding carboxylic acids is 2. The summed E-state index contributed by atoms with van der Waals surface area (Å²) >= 11 is 4.47. The largest absolute Gasteiger partial charge is 0.357 e. The Morgan fingerprint density at radius 2 is 1.06 bits per heavy atom. The third kappa shape index (κ3) is 11.9. The fourth-order valence-corrected chi connectivity index (χ4v) is 7.45. The number of rotatable bonds is 12. The van der Waals surface area contributed by atoms with Crippen LogP contribution in [0.1, 0.15) is 54.4 Å². The van der Waals surface area contributed by atoms with Gasteiger partial charge in [0.05, 0.1) is 22.5 Å². The van der Waals surface area contributed by atoms with Crippen LogP contribution in [0.3, 0.4) is 0 Å². The number of aromatic nitrogens is 6. The Morgan fingerprint density at radius 1 is 0.593 bits per heavy atom.